The topological polar surface area (TPSA) is 113 Å². The van der Waals surface area contributed by atoms with Gasteiger partial charge in [-0.05, 0) is 30.3 Å². The molecule has 3 amide bonds. The van der Waals surface area contributed by atoms with Gasteiger partial charge in [0.15, 0.2) is 0 Å². The zero-order chi connectivity index (χ0) is 17.7. The number of benzene rings is 2. The minimum absolute atomic E-state index is 0.123. The molecule has 0 bridgehead atoms. The van der Waals surface area contributed by atoms with E-state index in [4.69, 9.17) is 11.6 Å². The summed E-state index contributed by atoms with van der Waals surface area (Å²) in [4.78, 5) is 33.6. The molecule has 0 aliphatic heterocycles. The Bertz CT molecular complexity index is 810. The van der Waals surface area contributed by atoms with Gasteiger partial charge in [-0.3, -0.25) is 14.9 Å². The molecule has 0 aromatic heterocycles. The van der Waals surface area contributed by atoms with Gasteiger partial charge in [0.25, 0.3) is 11.6 Å². The van der Waals surface area contributed by atoms with Gasteiger partial charge in [-0.15, -0.1) is 0 Å². The number of nitrogens with zero attached hydrogens (tertiary/aromatic N) is 1. The Morgan fingerprint density at radius 3 is 2.33 bits per heavy atom. The molecular weight excluding hydrogens is 336 g/mol. The minimum atomic E-state index is -0.627. The van der Waals surface area contributed by atoms with Crippen molar-refractivity contribution in [2.24, 2.45) is 0 Å². The lowest BCUT2D eigenvalue weighted by molar-refractivity contribution is -0.384. The van der Waals surface area contributed by atoms with Crippen molar-refractivity contribution in [3.05, 3.63) is 63.2 Å². The zero-order valence-corrected chi connectivity index (χ0v) is 13.3. The highest BCUT2D eigenvalue weighted by Gasteiger charge is 2.15. The van der Waals surface area contributed by atoms with Gasteiger partial charge in [0.05, 0.1) is 4.92 Å². The number of nitro benzene ring substituents is 1. The molecule has 0 saturated carbocycles. The highest BCUT2D eigenvalue weighted by atomic mass is 35.5. The molecule has 2 aromatic rings. The first-order valence-electron chi connectivity index (χ1n) is 6.75. The maximum atomic E-state index is 12.2. The summed E-state index contributed by atoms with van der Waals surface area (Å²) < 4.78 is 0. The lowest BCUT2D eigenvalue weighted by Gasteiger charge is -2.09. The van der Waals surface area contributed by atoms with E-state index in [1.165, 1.54) is 25.2 Å². The highest BCUT2D eigenvalue weighted by Crippen LogP contribution is 2.25. The summed E-state index contributed by atoms with van der Waals surface area (Å²) in [6.07, 6.45) is 0. The van der Waals surface area contributed by atoms with Crippen molar-refractivity contribution in [3.8, 4) is 0 Å². The molecule has 124 valence electrons. The number of urea groups is 1. The Balaban J connectivity index is 2.15. The van der Waals surface area contributed by atoms with E-state index in [9.17, 15) is 19.7 Å². The van der Waals surface area contributed by atoms with E-state index in [1.807, 2.05) is 0 Å². The van der Waals surface area contributed by atoms with E-state index in [-0.39, 0.29) is 22.3 Å². The third-order valence-electron chi connectivity index (χ3n) is 3.01. The van der Waals surface area contributed by atoms with Crippen LogP contribution in [0.1, 0.15) is 10.4 Å². The number of anilines is 2. The van der Waals surface area contributed by atoms with Gasteiger partial charge >= 0.3 is 6.03 Å². The van der Waals surface area contributed by atoms with Crippen LogP contribution in [0.4, 0.5) is 21.9 Å². The van der Waals surface area contributed by atoms with Crippen LogP contribution in [0, 0.1) is 10.1 Å². The molecule has 0 heterocycles. The molecule has 0 atom stereocenters. The van der Waals surface area contributed by atoms with Gasteiger partial charge in [-0.1, -0.05) is 17.7 Å². The fraction of sp³-hybridized carbons (Fsp3) is 0.0667. The zero-order valence-electron chi connectivity index (χ0n) is 12.5. The van der Waals surface area contributed by atoms with Crippen LogP contribution in [0.25, 0.3) is 0 Å². The highest BCUT2D eigenvalue weighted by molar-refractivity contribution is 6.33. The predicted molar refractivity (Wildman–Crippen MR) is 90.6 cm³/mol. The average molecular weight is 349 g/mol. The smallest absolute Gasteiger partial charge is 0.318 e. The van der Waals surface area contributed by atoms with Crippen molar-refractivity contribution in [2.45, 2.75) is 0 Å². The third kappa shape index (κ3) is 4.20. The van der Waals surface area contributed by atoms with Gasteiger partial charge in [0.2, 0.25) is 0 Å². The van der Waals surface area contributed by atoms with Crippen LogP contribution in [0.2, 0.25) is 5.02 Å². The fourth-order valence-corrected chi connectivity index (χ4v) is 2.12. The minimum Gasteiger partial charge on any atom is -0.341 e. The molecular formula is C15H13ClN4O4. The lowest BCUT2D eigenvalue weighted by atomic mass is 10.2. The van der Waals surface area contributed by atoms with Crippen molar-refractivity contribution >= 4 is 40.6 Å². The van der Waals surface area contributed by atoms with Crippen LogP contribution in [0.3, 0.4) is 0 Å². The number of nitro groups is 1. The predicted octanol–water partition coefficient (Wildman–Crippen LogP) is 3.25. The van der Waals surface area contributed by atoms with Crippen LogP contribution in [0.5, 0.6) is 0 Å². The average Bonchev–Trinajstić information content (AvgIpc) is 2.54. The SMILES string of the molecule is CNC(=O)Nc1cccc(NC(=O)c2ccc([N+](=O)[O-])c(Cl)c2)c1. The van der Waals surface area contributed by atoms with Crippen molar-refractivity contribution < 1.29 is 14.5 Å². The number of halogens is 1. The van der Waals surface area contributed by atoms with Crippen molar-refractivity contribution in [1.29, 1.82) is 0 Å². The Kier molecular flexibility index (Phi) is 5.33. The second kappa shape index (κ2) is 7.42. The van der Waals surface area contributed by atoms with Crippen LogP contribution in [-0.2, 0) is 0 Å². The standard InChI is InChI=1S/C15H13ClN4O4/c1-17-15(22)19-11-4-2-3-10(8-11)18-14(21)9-5-6-13(20(23)24)12(16)7-9/h2-8H,1H3,(H,18,21)(H2,17,19,22). The second-order valence-corrected chi connectivity index (χ2v) is 5.07. The van der Waals surface area contributed by atoms with Crippen LogP contribution in [0.15, 0.2) is 42.5 Å². The maximum absolute atomic E-state index is 12.2. The van der Waals surface area contributed by atoms with Gasteiger partial charge in [0, 0.05) is 30.1 Å². The maximum Gasteiger partial charge on any atom is 0.318 e. The molecule has 2 aromatic carbocycles. The largest absolute Gasteiger partial charge is 0.341 e. The van der Waals surface area contributed by atoms with Gasteiger partial charge in [-0.25, -0.2) is 4.79 Å². The number of hydrogen-bond acceptors (Lipinski definition) is 4. The Labute approximate surface area is 142 Å². The molecule has 0 aliphatic rings. The third-order valence-corrected chi connectivity index (χ3v) is 3.31. The van der Waals surface area contributed by atoms with E-state index < -0.39 is 10.8 Å². The molecule has 0 fully saturated rings. The monoisotopic (exact) mass is 348 g/mol. The summed E-state index contributed by atoms with van der Waals surface area (Å²) in [5, 5.41) is 18.2. The lowest BCUT2D eigenvalue weighted by Crippen LogP contribution is -2.24. The first-order valence-corrected chi connectivity index (χ1v) is 7.12. The molecule has 0 saturated heterocycles. The van der Waals surface area contributed by atoms with E-state index in [0.29, 0.717) is 11.4 Å². The molecule has 2 rings (SSSR count). The molecule has 9 heteroatoms. The van der Waals surface area contributed by atoms with E-state index in [2.05, 4.69) is 16.0 Å². The molecule has 3 N–H and O–H groups in total. The normalized spacial score (nSPS) is 9.92. The number of rotatable bonds is 4. The summed E-state index contributed by atoms with van der Waals surface area (Å²) >= 11 is 5.79. The van der Waals surface area contributed by atoms with Crippen molar-refractivity contribution in [1.82, 2.24) is 5.32 Å². The number of carbonyl (C=O) groups is 2. The molecule has 8 nitrogen and oxygen atoms in total. The molecule has 0 aliphatic carbocycles. The molecule has 0 spiro atoms. The van der Waals surface area contributed by atoms with Crippen LogP contribution < -0.4 is 16.0 Å². The first-order chi connectivity index (χ1) is 11.4. The second-order valence-electron chi connectivity index (χ2n) is 4.66. The number of nitrogens with one attached hydrogen (secondary N) is 3. The quantitative estimate of drug-likeness (QED) is 0.581. The molecule has 0 unspecified atom stereocenters. The number of amides is 3. The molecule has 24 heavy (non-hydrogen) atoms. The Morgan fingerprint density at radius 1 is 1.08 bits per heavy atom. The Morgan fingerprint density at radius 2 is 1.75 bits per heavy atom. The van der Waals surface area contributed by atoms with E-state index >= 15 is 0 Å². The van der Waals surface area contributed by atoms with Gasteiger partial charge in [-0.2, -0.15) is 0 Å². The summed E-state index contributed by atoms with van der Waals surface area (Å²) in [5.41, 5.74) is 0.845. The number of carbonyl (C=O) groups excluding carboxylic acids is 2. The van der Waals surface area contributed by atoms with Crippen LogP contribution >= 0.6 is 11.6 Å². The van der Waals surface area contributed by atoms with E-state index in [0.717, 1.165) is 0 Å². The van der Waals surface area contributed by atoms with Gasteiger partial charge in [0.1, 0.15) is 5.02 Å². The number of hydrogen-bond donors (Lipinski definition) is 3. The molecule has 0 radical (unpaired) electrons. The summed E-state index contributed by atoms with van der Waals surface area (Å²) in [7, 11) is 1.49. The first kappa shape index (κ1) is 17.2. The Hall–Kier alpha value is -3.13. The van der Waals surface area contributed by atoms with Crippen molar-refractivity contribution in [2.75, 3.05) is 17.7 Å². The van der Waals surface area contributed by atoms with Crippen LogP contribution in [-0.4, -0.2) is 23.9 Å². The summed E-state index contributed by atoms with van der Waals surface area (Å²) in [6.45, 7) is 0. The van der Waals surface area contributed by atoms with E-state index in [1.54, 1.807) is 24.3 Å². The summed E-state index contributed by atoms with van der Waals surface area (Å²) in [6, 6.07) is 9.84. The van der Waals surface area contributed by atoms with Gasteiger partial charge < -0.3 is 16.0 Å². The van der Waals surface area contributed by atoms with Crippen molar-refractivity contribution in [3.63, 3.8) is 0 Å². The fourth-order valence-electron chi connectivity index (χ4n) is 1.87. The summed E-state index contributed by atoms with van der Waals surface area (Å²) in [5.74, 6) is -0.483.